The van der Waals surface area contributed by atoms with Gasteiger partial charge >= 0.3 is 6.09 Å². The number of hydrazone groups is 1. The van der Waals surface area contributed by atoms with E-state index in [2.05, 4.69) is 0 Å². The monoisotopic (exact) mass is 562 g/mol. The summed E-state index contributed by atoms with van der Waals surface area (Å²) in [6.07, 6.45) is 3.28. The molecule has 1 saturated carbocycles. The summed E-state index contributed by atoms with van der Waals surface area (Å²) in [5, 5.41) is 6.67. The van der Waals surface area contributed by atoms with E-state index in [1.807, 2.05) is 48.5 Å². The van der Waals surface area contributed by atoms with E-state index in [0.717, 1.165) is 42.5 Å². The molecule has 0 spiro atoms. The number of likely N-dealkylation sites (tertiary alicyclic amines) is 1. The second kappa shape index (κ2) is 12.6. The lowest BCUT2D eigenvalue weighted by Crippen LogP contribution is -2.54. The second-order valence-corrected chi connectivity index (χ2v) is 10.9. The number of carbonyl (C=O) groups is 3. The highest BCUT2D eigenvalue weighted by atomic mass is 16.6. The summed E-state index contributed by atoms with van der Waals surface area (Å²) < 4.78 is 16.2. The summed E-state index contributed by atoms with van der Waals surface area (Å²) in [5.74, 6) is 1.02. The Morgan fingerprint density at radius 1 is 0.951 bits per heavy atom. The number of hydrogen-bond donors (Lipinski definition) is 1. The van der Waals surface area contributed by atoms with Crippen molar-refractivity contribution in [3.63, 3.8) is 0 Å². The van der Waals surface area contributed by atoms with Crippen molar-refractivity contribution in [2.24, 2.45) is 22.7 Å². The van der Waals surface area contributed by atoms with Crippen LogP contribution in [0.4, 0.5) is 4.79 Å². The predicted octanol–water partition coefficient (Wildman–Crippen LogP) is 3.75. The largest absolute Gasteiger partial charge is 0.493 e. The third-order valence-electron chi connectivity index (χ3n) is 8.47. The van der Waals surface area contributed by atoms with E-state index >= 15 is 0 Å². The topological polar surface area (TPSA) is 124 Å². The van der Waals surface area contributed by atoms with Crippen molar-refractivity contribution in [3.05, 3.63) is 59.7 Å². The Morgan fingerprint density at radius 2 is 1.63 bits per heavy atom. The molecule has 41 heavy (non-hydrogen) atoms. The molecule has 218 valence electrons. The van der Waals surface area contributed by atoms with Gasteiger partial charge in [-0.05, 0) is 49.4 Å². The zero-order valence-electron chi connectivity index (χ0n) is 23.7. The molecule has 2 aromatic carbocycles. The second-order valence-electron chi connectivity index (χ2n) is 10.9. The molecule has 3 atom stereocenters. The first-order chi connectivity index (χ1) is 19.9. The van der Waals surface area contributed by atoms with Crippen LogP contribution in [0.25, 0.3) is 0 Å². The summed E-state index contributed by atoms with van der Waals surface area (Å²) in [7, 11) is 3.21. The van der Waals surface area contributed by atoms with Crippen LogP contribution in [0.1, 0.15) is 49.7 Å². The normalized spacial score (nSPS) is 21.9. The van der Waals surface area contributed by atoms with Gasteiger partial charge in [-0.2, -0.15) is 5.10 Å². The van der Waals surface area contributed by atoms with Crippen LogP contribution in [-0.4, -0.2) is 73.0 Å². The van der Waals surface area contributed by atoms with Gasteiger partial charge in [-0.15, -0.1) is 0 Å². The Labute approximate surface area is 240 Å². The number of primary amides is 1. The van der Waals surface area contributed by atoms with Crippen molar-refractivity contribution < 1.29 is 28.6 Å². The van der Waals surface area contributed by atoms with Gasteiger partial charge in [0.2, 0.25) is 5.91 Å². The van der Waals surface area contributed by atoms with Gasteiger partial charge in [0, 0.05) is 36.9 Å². The van der Waals surface area contributed by atoms with E-state index in [9.17, 15) is 14.4 Å². The Morgan fingerprint density at radius 3 is 2.29 bits per heavy atom. The number of benzene rings is 2. The highest BCUT2D eigenvalue weighted by Crippen LogP contribution is 2.40. The number of nitrogens with two attached hydrogens (primary N) is 1. The van der Waals surface area contributed by atoms with Crippen molar-refractivity contribution in [1.29, 1.82) is 0 Å². The Hall–Kier alpha value is -4.08. The Balaban J connectivity index is 1.34. The first kappa shape index (κ1) is 28.4. The Bertz CT molecular complexity index is 1290. The highest BCUT2D eigenvalue weighted by Gasteiger charge is 2.44. The van der Waals surface area contributed by atoms with Crippen LogP contribution in [0.15, 0.2) is 53.6 Å². The summed E-state index contributed by atoms with van der Waals surface area (Å²) in [5.41, 5.74) is 8.00. The third kappa shape index (κ3) is 6.16. The van der Waals surface area contributed by atoms with Crippen molar-refractivity contribution in [2.45, 2.75) is 57.1 Å². The van der Waals surface area contributed by atoms with Crippen LogP contribution in [0.3, 0.4) is 0 Å². The number of nitrogens with zero attached hydrogens (tertiary/aromatic N) is 3. The average molecular weight is 563 g/mol. The van der Waals surface area contributed by atoms with Gasteiger partial charge in [0.15, 0.2) is 17.6 Å². The lowest BCUT2D eigenvalue weighted by atomic mass is 9.73. The minimum atomic E-state index is -0.999. The fourth-order valence-corrected chi connectivity index (χ4v) is 6.37. The summed E-state index contributed by atoms with van der Waals surface area (Å²) in [6, 6.07) is 15.0. The molecule has 2 heterocycles. The van der Waals surface area contributed by atoms with Crippen molar-refractivity contribution in [1.82, 2.24) is 9.91 Å². The third-order valence-corrected chi connectivity index (χ3v) is 8.47. The van der Waals surface area contributed by atoms with Crippen LogP contribution in [-0.2, 0) is 20.7 Å². The Kier molecular flexibility index (Phi) is 8.75. The zero-order valence-corrected chi connectivity index (χ0v) is 23.7. The van der Waals surface area contributed by atoms with Crippen LogP contribution in [0.2, 0.25) is 0 Å². The van der Waals surface area contributed by atoms with E-state index in [1.54, 1.807) is 24.1 Å². The van der Waals surface area contributed by atoms with Crippen LogP contribution in [0, 0.1) is 11.8 Å². The predicted molar refractivity (Wildman–Crippen MR) is 153 cm³/mol. The number of methoxy groups -OCH3 is 2. The quantitative estimate of drug-likeness (QED) is 0.523. The van der Waals surface area contributed by atoms with Gasteiger partial charge in [-0.1, -0.05) is 43.2 Å². The zero-order chi connectivity index (χ0) is 28.9. The van der Waals surface area contributed by atoms with Crippen molar-refractivity contribution >= 4 is 23.6 Å². The molecule has 2 N–H and O–H groups in total. The number of hydrogen-bond acceptors (Lipinski definition) is 7. The van der Waals surface area contributed by atoms with Crippen LogP contribution >= 0.6 is 0 Å². The lowest BCUT2D eigenvalue weighted by Gasteiger charge is -2.43. The molecular formula is C31H38N4O6. The molecular weight excluding hydrogens is 524 g/mol. The molecule has 10 heteroatoms. The number of carbonyl (C=O) groups excluding carboxylic acids is 3. The van der Waals surface area contributed by atoms with E-state index in [4.69, 9.17) is 25.0 Å². The smallest absolute Gasteiger partial charge is 0.405 e. The van der Waals surface area contributed by atoms with E-state index < -0.39 is 12.2 Å². The maximum absolute atomic E-state index is 13.7. The standard InChI is InChI=1S/C31H38N4O6/c1-39-25-13-12-21(19-26(25)40-2)28-23-10-6-7-11-24(23)29(36)35(33-28)22-14-16-34(17-15-22)30(37)27(41-31(32)38)18-20-8-4-3-5-9-20/h3-5,8-9,12-13,19,22-24,27H,6-7,10-11,14-18H2,1-2H3,(H2,32,38)/t23-,24+,27-/m0/s1. The van der Waals surface area contributed by atoms with Crippen molar-refractivity contribution in [2.75, 3.05) is 27.3 Å². The minimum Gasteiger partial charge on any atom is -0.493 e. The molecule has 10 nitrogen and oxygen atoms in total. The molecule has 1 saturated heterocycles. The van der Waals surface area contributed by atoms with E-state index in [1.165, 1.54) is 0 Å². The van der Waals surface area contributed by atoms with Gasteiger partial charge in [0.05, 0.1) is 26.0 Å². The molecule has 0 bridgehead atoms. The first-order valence-electron chi connectivity index (χ1n) is 14.3. The summed E-state index contributed by atoms with van der Waals surface area (Å²) in [4.78, 5) is 40.4. The molecule has 3 aliphatic rings. The molecule has 5 rings (SSSR count). The van der Waals surface area contributed by atoms with Gasteiger partial charge in [0.1, 0.15) is 0 Å². The summed E-state index contributed by atoms with van der Waals surface area (Å²) in [6.45, 7) is 0.853. The molecule has 2 aromatic rings. The fourth-order valence-electron chi connectivity index (χ4n) is 6.37. The van der Waals surface area contributed by atoms with Gasteiger partial charge in [0.25, 0.3) is 5.91 Å². The summed E-state index contributed by atoms with van der Waals surface area (Å²) >= 11 is 0. The first-order valence-corrected chi connectivity index (χ1v) is 14.3. The molecule has 2 aliphatic heterocycles. The average Bonchev–Trinajstić information content (AvgIpc) is 3.01. The van der Waals surface area contributed by atoms with Crippen LogP contribution in [0.5, 0.6) is 11.5 Å². The molecule has 3 amide bonds. The van der Waals surface area contributed by atoms with Gasteiger partial charge in [-0.3, -0.25) is 9.59 Å². The maximum atomic E-state index is 13.7. The molecule has 1 aliphatic carbocycles. The van der Waals surface area contributed by atoms with Crippen molar-refractivity contribution in [3.8, 4) is 11.5 Å². The minimum absolute atomic E-state index is 0.0666. The number of amides is 3. The van der Waals surface area contributed by atoms with Crippen LogP contribution < -0.4 is 15.2 Å². The lowest BCUT2D eigenvalue weighted by molar-refractivity contribution is -0.145. The molecule has 0 aromatic heterocycles. The molecule has 2 fully saturated rings. The van der Waals surface area contributed by atoms with Gasteiger partial charge in [-0.25, -0.2) is 9.80 Å². The van der Waals surface area contributed by atoms with Gasteiger partial charge < -0.3 is 24.8 Å². The molecule has 0 unspecified atom stereocenters. The van der Waals surface area contributed by atoms with E-state index in [0.29, 0.717) is 37.4 Å². The number of rotatable bonds is 8. The highest BCUT2D eigenvalue weighted by molar-refractivity contribution is 6.07. The SMILES string of the molecule is COc1ccc(C2=NN(C3CCN(C(=O)[C@H](Cc4ccccc4)OC(N)=O)CC3)C(=O)[C@@H]3CCCC[C@H]23)cc1OC. The number of ether oxygens (including phenoxy) is 3. The maximum Gasteiger partial charge on any atom is 0.405 e. The number of piperidine rings is 1. The fraction of sp³-hybridized carbons (Fsp3) is 0.484. The molecule has 0 radical (unpaired) electrons. The number of fused-ring (bicyclic) bond motifs is 1. The van der Waals surface area contributed by atoms with E-state index in [-0.39, 0.29) is 36.1 Å².